The second-order valence-electron chi connectivity index (χ2n) is 7.25. The first-order chi connectivity index (χ1) is 13.1. The van der Waals surface area contributed by atoms with E-state index >= 15 is 0 Å². The van der Waals surface area contributed by atoms with E-state index in [-0.39, 0.29) is 5.91 Å². The van der Waals surface area contributed by atoms with Crippen molar-refractivity contribution in [2.24, 2.45) is 5.92 Å². The number of halogens is 1. The molecule has 0 radical (unpaired) electrons. The summed E-state index contributed by atoms with van der Waals surface area (Å²) in [6.45, 7) is 2.79. The van der Waals surface area contributed by atoms with Crippen LogP contribution >= 0.6 is 23.4 Å². The van der Waals surface area contributed by atoms with Gasteiger partial charge in [0.05, 0.1) is 5.75 Å². The van der Waals surface area contributed by atoms with E-state index in [9.17, 15) is 4.79 Å². The second kappa shape index (κ2) is 10.2. The molecule has 1 amide bonds. The van der Waals surface area contributed by atoms with Gasteiger partial charge in [-0.3, -0.25) is 4.79 Å². The van der Waals surface area contributed by atoms with E-state index in [0.717, 1.165) is 35.8 Å². The Balaban J connectivity index is 1.48. The van der Waals surface area contributed by atoms with E-state index in [2.05, 4.69) is 29.4 Å². The van der Waals surface area contributed by atoms with Crippen LogP contribution in [0.1, 0.15) is 23.5 Å². The highest BCUT2D eigenvalue weighted by atomic mass is 35.5. The van der Waals surface area contributed by atoms with Crippen LogP contribution in [0, 0.1) is 5.92 Å². The molecule has 2 aromatic rings. The highest BCUT2D eigenvalue weighted by Crippen LogP contribution is 2.35. The number of thioether (sulfide) groups is 1. The van der Waals surface area contributed by atoms with Crippen molar-refractivity contribution in [3.63, 3.8) is 0 Å². The Kier molecular flexibility index (Phi) is 7.62. The van der Waals surface area contributed by atoms with Gasteiger partial charge in [-0.2, -0.15) is 11.8 Å². The fourth-order valence-corrected chi connectivity index (χ4v) is 4.85. The van der Waals surface area contributed by atoms with Crippen LogP contribution in [0.5, 0.6) is 0 Å². The van der Waals surface area contributed by atoms with Crippen molar-refractivity contribution >= 4 is 29.3 Å². The van der Waals surface area contributed by atoms with E-state index in [1.165, 1.54) is 5.56 Å². The number of amides is 1. The van der Waals surface area contributed by atoms with Gasteiger partial charge in [0.2, 0.25) is 5.91 Å². The average molecular weight is 403 g/mol. The largest absolute Gasteiger partial charge is 0.351 e. The molecule has 1 saturated heterocycles. The summed E-state index contributed by atoms with van der Waals surface area (Å²) in [5.74, 6) is 2.71. The summed E-state index contributed by atoms with van der Waals surface area (Å²) in [7, 11) is 2.18. The van der Waals surface area contributed by atoms with Crippen molar-refractivity contribution in [2.45, 2.75) is 18.9 Å². The summed E-state index contributed by atoms with van der Waals surface area (Å²) in [4.78, 5) is 14.6. The van der Waals surface area contributed by atoms with Crippen molar-refractivity contribution in [3.8, 4) is 0 Å². The van der Waals surface area contributed by atoms with Gasteiger partial charge >= 0.3 is 0 Å². The van der Waals surface area contributed by atoms with Crippen molar-refractivity contribution in [1.29, 1.82) is 0 Å². The molecule has 0 bridgehead atoms. The summed E-state index contributed by atoms with van der Waals surface area (Å²) < 4.78 is 0. The Bertz CT molecular complexity index is 723. The molecule has 0 spiro atoms. The smallest absolute Gasteiger partial charge is 0.230 e. The van der Waals surface area contributed by atoms with Crippen molar-refractivity contribution < 1.29 is 4.79 Å². The van der Waals surface area contributed by atoms with Gasteiger partial charge in [-0.1, -0.05) is 54.1 Å². The lowest BCUT2D eigenvalue weighted by molar-refractivity contribution is -0.118. The molecule has 1 aliphatic heterocycles. The lowest BCUT2D eigenvalue weighted by Gasteiger charge is -2.37. The van der Waals surface area contributed by atoms with Gasteiger partial charge in [-0.25, -0.2) is 0 Å². The molecule has 3 nitrogen and oxygen atoms in total. The quantitative estimate of drug-likeness (QED) is 0.743. The Morgan fingerprint density at radius 1 is 1.19 bits per heavy atom. The number of piperidine rings is 1. The first kappa shape index (κ1) is 20.2. The molecule has 1 N–H and O–H groups in total. The van der Waals surface area contributed by atoms with Gasteiger partial charge in [0, 0.05) is 18.1 Å². The summed E-state index contributed by atoms with van der Waals surface area (Å²) in [6, 6.07) is 18.3. The highest BCUT2D eigenvalue weighted by molar-refractivity contribution is 7.99. The lowest BCUT2D eigenvalue weighted by atomic mass is 9.81. The van der Waals surface area contributed by atoms with Crippen LogP contribution in [0.3, 0.4) is 0 Å². The molecule has 2 atom stereocenters. The van der Waals surface area contributed by atoms with Crippen LogP contribution in [-0.4, -0.2) is 42.4 Å². The molecular weight excluding hydrogens is 376 g/mol. The van der Waals surface area contributed by atoms with Crippen LogP contribution in [0.2, 0.25) is 5.02 Å². The molecule has 0 aromatic heterocycles. The summed E-state index contributed by atoms with van der Waals surface area (Å²) in [6.07, 6.45) is 1.16. The zero-order valence-electron chi connectivity index (χ0n) is 15.7. The third kappa shape index (κ3) is 6.27. The zero-order chi connectivity index (χ0) is 19.1. The fourth-order valence-electron chi connectivity index (χ4n) is 3.68. The first-order valence-corrected chi connectivity index (χ1v) is 11.0. The maximum atomic E-state index is 12.2. The van der Waals surface area contributed by atoms with Gasteiger partial charge in [-0.05, 0) is 60.9 Å². The van der Waals surface area contributed by atoms with E-state index in [4.69, 9.17) is 11.6 Å². The number of nitrogens with one attached hydrogen (secondary N) is 1. The van der Waals surface area contributed by atoms with Crippen molar-refractivity contribution in [1.82, 2.24) is 10.2 Å². The maximum absolute atomic E-state index is 12.2. The zero-order valence-corrected chi connectivity index (χ0v) is 17.3. The molecule has 0 aliphatic carbocycles. The van der Waals surface area contributed by atoms with Crippen molar-refractivity contribution in [2.75, 3.05) is 31.6 Å². The Morgan fingerprint density at radius 3 is 2.67 bits per heavy atom. The topological polar surface area (TPSA) is 32.3 Å². The van der Waals surface area contributed by atoms with Crippen LogP contribution in [0.4, 0.5) is 0 Å². The van der Waals surface area contributed by atoms with Crippen LogP contribution in [0.25, 0.3) is 0 Å². The number of nitrogens with zero attached hydrogens (tertiary/aromatic N) is 1. The van der Waals surface area contributed by atoms with E-state index in [0.29, 0.717) is 24.1 Å². The maximum Gasteiger partial charge on any atom is 0.230 e. The van der Waals surface area contributed by atoms with Gasteiger partial charge in [0.15, 0.2) is 0 Å². The van der Waals surface area contributed by atoms with Crippen molar-refractivity contribution in [3.05, 3.63) is 70.7 Å². The number of likely N-dealkylation sites (tertiary alicyclic amines) is 1. The summed E-state index contributed by atoms with van der Waals surface area (Å²) in [5.41, 5.74) is 2.50. The average Bonchev–Trinajstić information content (AvgIpc) is 2.68. The molecule has 5 heteroatoms. The highest BCUT2D eigenvalue weighted by Gasteiger charge is 2.28. The Labute approximate surface area is 171 Å². The van der Waals surface area contributed by atoms with Crippen LogP contribution in [-0.2, 0) is 11.3 Å². The van der Waals surface area contributed by atoms with Gasteiger partial charge < -0.3 is 10.2 Å². The minimum Gasteiger partial charge on any atom is -0.351 e. The molecule has 1 heterocycles. The van der Waals surface area contributed by atoms with Crippen LogP contribution in [0.15, 0.2) is 54.6 Å². The monoisotopic (exact) mass is 402 g/mol. The van der Waals surface area contributed by atoms with E-state index in [1.807, 2.05) is 42.5 Å². The molecule has 2 aromatic carbocycles. The summed E-state index contributed by atoms with van der Waals surface area (Å²) in [5, 5.41) is 3.79. The minimum absolute atomic E-state index is 0.107. The summed E-state index contributed by atoms with van der Waals surface area (Å²) >= 11 is 7.79. The normalized spacial score (nSPS) is 20.4. The third-order valence-electron chi connectivity index (χ3n) is 5.13. The molecular formula is C22H27ClN2OS. The molecule has 1 fully saturated rings. The number of benzene rings is 2. The number of hydrogen-bond acceptors (Lipinski definition) is 3. The number of rotatable bonds is 7. The number of carbonyl (C=O) groups is 1. The second-order valence-corrected chi connectivity index (χ2v) is 8.71. The Morgan fingerprint density at radius 2 is 1.93 bits per heavy atom. The molecule has 144 valence electrons. The standard InChI is InChI=1S/C22H27ClN2OS/c1-25-12-11-21(18-7-9-20(23)10-8-18)19(14-25)15-27-16-22(26)24-13-17-5-3-2-4-6-17/h2-10,19,21H,11-16H2,1H3,(H,24,26)/t19-,21+/m1/s1. The number of hydrogen-bond donors (Lipinski definition) is 1. The Hall–Kier alpha value is -1.49. The lowest BCUT2D eigenvalue weighted by Crippen LogP contribution is -2.38. The molecule has 0 saturated carbocycles. The first-order valence-electron chi connectivity index (χ1n) is 9.44. The van der Waals surface area contributed by atoms with Crippen LogP contribution < -0.4 is 5.32 Å². The molecule has 27 heavy (non-hydrogen) atoms. The van der Waals surface area contributed by atoms with Gasteiger partial charge in [0.25, 0.3) is 0 Å². The minimum atomic E-state index is 0.107. The number of carbonyl (C=O) groups excluding carboxylic acids is 1. The predicted molar refractivity (Wildman–Crippen MR) is 115 cm³/mol. The van der Waals surface area contributed by atoms with E-state index < -0.39 is 0 Å². The molecule has 1 aliphatic rings. The molecule has 3 rings (SSSR count). The third-order valence-corrected chi connectivity index (χ3v) is 6.51. The SMILES string of the molecule is CN1CC[C@@H](c2ccc(Cl)cc2)[C@@H](CSCC(=O)NCc2ccccc2)C1. The van der Waals surface area contributed by atoms with Gasteiger partial charge in [0.1, 0.15) is 0 Å². The molecule has 0 unspecified atom stereocenters. The fraction of sp³-hybridized carbons (Fsp3) is 0.409. The van der Waals surface area contributed by atoms with Gasteiger partial charge in [-0.15, -0.1) is 0 Å². The van der Waals surface area contributed by atoms with E-state index in [1.54, 1.807) is 11.8 Å². The predicted octanol–water partition coefficient (Wildman–Crippen LogP) is 4.42.